The first-order chi connectivity index (χ1) is 8.15. The Labute approximate surface area is 106 Å². The highest BCUT2D eigenvalue weighted by Gasteiger charge is 2.27. The number of nitrogens with one attached hydrogen (secondary N) is 2. The number of rotatable bonds is 6. The van der Waals surface area contributed by atoms with Crippen molar-refractivity contribution in [1.82, 2.24) is 10.6 Å². The molecule has 17 heavy (non-hydrogen) atoms. The highest BCUT2D eigenvalue weighted by atomic mass is 16.2. The second kappa shape index (κ2) is 7.70. The number of amides is 1. The van der Waals surface area contributed by atoms with E-state index in [-0.39, 0.29) is 11.8 Å². The maximum Gasteiger partial charge on any atom is 0.224 e. The van der Waals surface area contributed by atoms with E-state index in [0.29, 0.717) is 12.1 Å². The van der Waals surface area contributed by atoms with Crippen molar-refractivity contribution in [3.8, 4) is 0 Å². The second-order valence-electron chi connectivity index (χ2n) is 5.40. The van der Waals surface area contributed by atoms with E-state index in [2.05, 4.69) is 31.4 Å². The summed E-state index contributed by atoms with van der Waals surface area (Å²) in [5.41, 5.74) is 0. The van der Waals surface area contributed by atoms with Crippen molar-refractivity contribution in [3.05, 3.63) is 0 Å². The van der Waals surface area contributed by atoms with Crippen molar-refractivity contribution < 1.29 is 4.79 Å². The van der Waals surface area contributed by atoms with E-state index in [0.717, 1.165) is 25.8 Å². The smallest absolute Gasteiger partial charge is 0.224 e. The fraction of sp³-hybridized carbons (Fsp3) is 0.929. The summed E-state index contributed by atoms with van der Waals surface area (Å²) in [6.45, 7) is 7.50. The lowest BCUT2D eigenvalue weighted by atomic mass is 9.91. The van der Waals surface area contributed by atoms with Gasteiger partial charge >= 0.3 is 0 Å². The third-order valence-corrected chi connectivity index (χ3v) is 3.73. The molecule has 1 heterocycles. The third kappa shape index (κ3) is 5.07. The Hall–Kier alpha value is -0.570. The molecule has 3 atom stereocenters. The predicted molar refractivity (Wildman–Crippen MR) is 71.9 cm³/mol. The maximum absolute atomic E-state index is 12.1. The fourth-order valence-corrected chi connectivity index (χ4v) is 2.52. The Balaban J connectivity index is 2.27. The van der Waals surface area contributed by atoms with E-state index >= 15 is 0 Å². The molecule has 2 N–H and O–H groups in total. The van der Waals surface area contributed by atoms with Crippen molar-refractivity contribution in [1.29, 1.82) is 0 Å². The molecular formula is C14H28N2O. The average Bonchev–Trinajstić information content (AvgIpc) is 2.29. The van der Waals surface area contributed by atoms with Gasteiger partial charge < -0.3 is 10.6 Å². The summed E-state index contributed by atoms with van der Waals surface area (Å²) in [5, 5.41) is 6.54. The zero-order valence-corrected chi connectivity index (χ0v) is 11.6. The number of hydrogen-bond donors (Lipinski definition) is 2. The maximum atomic E-state index is 12.1. The SMILES string of the molecule is CCCCCC(C)NC(=O)C1CCCNC1C. The molecule has 3 heteroatoms. The van der Waals surface area contributed by atoms with Crippen LogP contribution in [0.25, 0.3) is 0 Å². The Morgan fingerprint density at radius 3 is 2.88 bits per heavy atom. The van der Waals surface area contributed by atoms with Crippen LogP contribution in [0.3, 0.4) is 0 Å². The predicted octanol–water partition coefficient (Wildman–Crippen LogP) is 2.46. The fourth-order valence-electron chi connectivity index (χ4n) is 2.52. The highest BCUT2D eigenvalue weighted by molar-refractivity contribution is 5.79. The van der Waals surface area contributed by atoms with Crippen LogP contribution in [0, 0.1) is 5.92 Å². The monoisotopic (exact) mass is 240 g/mol. The molecule has 0 aromatic carbocycles. The Morgan fingerprint density at radius 2 is 2.24 bits per heavy atom. The Kier molecular flexibility index (Phi) is 6.56. The molecule has 1 saturated heterocycles. The van der Waals surface area contributed by atoms with E-state index in [9.17, 15) is 4.79 Å². The summed E-state index contributed by atoms with van der Waals surface area (Å²) in [7, 11) is 0. The van der Waals surface area contributed by atoms with Gasteiger partial charge in [0.2, 0.25) is 5.91 Å². The molecular weight excluding hydrogens is 212 g/mol. The van der Waals surface area contributed by atoms with Crippen LogP contribution in [0.4, 0.5) is 0 Å². The zero-order chi connectivity index (χ0) is 12.7. The van der Waals surface area contributed by atoms with Crippen molar-refractivity contribution in [2.75, 3.05) is 6.54 Å². The van der Waals surface area contributed by atoms with Gasteiger partial charge in [-0.2, -0.15) is 0 Å². The van der Waals surface area contributed by atoms with E-state index in [1.54, 1.807) is 0 Å². The van der Waals surface area contributed by atoms with Crippen molar-refractivity contribution in [2.24, 2.45) is 5.92 Å². The molecule has 0 bridgehead atoms. The number of piperidine rings is 1. The molecule has 1 rings (SSSR count). The van der Waals surface area contributed by atoms with E-state index in [1.165, 1.54) is 19.3 Å². The lowest BCUT2D eigenvalue weighted by molar-refractivity contribution is -0.127. The van der Waals surface area contributed by atoms with Crippen molar-refractivity contribution in [2.45, 2.75) is 71.4 Å². The van der Waals surface area contributed by atoms with Crippen LogP contribution in [0.15, 0.2) is 0 Å². The lowest BCUT2D eigenvalue weighted by Gasteiger charge is -2.30. The van der Waals surface area contributed by atoms with E-state index in [4.69, 9.17) is 0 Å². The molecule has 100 valence electrons. The Bertz CT molecular complexity index is 230. The highest BCUT2D eigenvalue weighted by Crippen LogP contribution is 2.16. The van der Waals surface area contributed by atoms with Gasteiger partial charge in [0, 0.05) is 12.1 Å². The number of carbonyl (C=O) groups is 1. The molecule has 0 aromatic rings. The molecule has 0 saturated carbocycles. The minimum Gasteiger partial charge on any atom is -0.353 e. The van der Waals surface area contributed by atoms with Gasteiger partial charge in [0.15, 0.2) is 0 Å². The normalized spacial score (nSPS) is 26.5. The first kappa shape index (κ1) is 14.5. The molecule has 0 spiro atoms. The summed E-state index contributed by atoms with van der Waals surface area (Å²) in [6, 6.07) is 0.648. The van der Waals surface area contributed by atoms with Gasteiger partial charge in [0.05, 0.1) is 5.92 Å². The lowest BCUT2D eigenvalue weighted by Crippen LogP contribution is -2.48. The molecule has 1 aliphatic heterocycles. The molecule has 0 radical (unpaired) electrons. The molecule has 0 aromatic heterocycles. The summed E-state index contributed by atoms with van der Waals surface area (Å²) in [4.78, 5) is 12.1. The van der Waals surface area contributed by atoms with Crippen LogP contribution >= 0.6 is 0 Å². The zero-order valence-electron chi connectivity index (χ0n) is 11.6. The minimum absolute atomic E-state index is 0.164. The standard InChI is InChI=1S/C14H28N2O/c1-4-5-6-8-11(2)16-14(17)13-9-7-10-15-12(13)3/h11-13,15H,4-10H2,1-3H3,(H,16,17). The van der Waals surface area contributed by atoms with Gasteiger partial charge in [-0.1, -0.05) is 26.2 Å². The quantitative estimate of drug-likeness (QED) is 0.700. The largest absolute Gasteiger partial charge is 0.353 e. The van der Waals surface area contributed by atoms with Crippen LogP contribution in [0.5, 0.6) is 0 Å². The van der Waals surface area contributed by atoms with Crippen LogP contribution in [0.1, 0.15) is 59.3 Å². The number of unbranched alkanes of at least 4 members (excludes halogenated alkanes) is 2. The van der Waals surface area contributed by atoms with Gasteiger partial charge in [0.25, 0.3) is 0 Å². The molecule has 3 nitrogen and oxygen atoms in total. The first-order valence-corrected chi connectivity index (χ1v) is 7.19. The molecule has 1 amide bonds. The molecule has 1 aliphatic rings. The number of hydrogen-bond acceptors (Lipinski definition) is 2. The molecule has 0 aliphatic carbocycles. The molecule has 1 fully saturated rings. The van der Waals surface area contributed by atoms with Crippen molar-refractivity contribution in [3.63, 3.8) is 0 Å². The van der Waals surface area contributed by atoms with Crippen molar-refractivity contribution >= 4 is 5.91 Å². The average molecular weight is 240 g/mol. The van der Waals surface area contributed by atoms with Crippen LogP contribution in [-0.2, 0) is 4.79 Å². The van der Waals surface area contributed by atoms with Gasteiger partial charge in [-0.15, -0.1) is 0 Å². The number of carbonyl (C=O) groups excluding carboxylic acids is 1. The van der Waals surface area contributed by atoms with E-state index < -0.39 is 0 Å². The second-order valence-corrected chi connectivity index (χ2v) is 5.40. The van der Waals surface area contributed by atoms with Gasteiger partial charge in [-0.05, 0) is 39.7 Å². The summed E-state index contributed by atoms with van der Waals surface area (Å²) < 4.78 is 0. The minimum atomic E-state index is 0.164. The summed E-state index contributed by atoms with van der Waals surface area (Å²) in [6.07, 6.45) is 6.98. The van der Waals surface area contributed by atoms with Gasteiger partial charge in [0.1, 0.15) is 0 Å². The van der Waals surface area contributed by atoms with E-state index in [1.807, 2.05) is 0 Å². The Morgan fingerprint density at radius 1 is 1.47 bits per heavy atom. The topological polar surface area (TPSA) is 41.1 Å². The summed E-state index contributed by atoms with van der Waals surface area (Å²) in [5.74, 6) is 0.408. The molecule has 3 unspecified atom stereocenters. The van der Waals surface area contributed by atoms with Gasteiger partial charge in [-0.25, -0.2) is 0 Å². The first-order valence-electron chi connectivity index (χ1n) is 7.19. The van der Waals surface area contributed by atoms with Crippen LogP contribution in [-0.4, -0.2) is 24.5 Å². The third-order valence-electron chi connectivity index (χ3n) is 3.73. The van der Waals surface area contributed by atoms with Crippen LogP contribution in [0.2, 0.25) is 0 Å². The summed E-state index contributed by atoms with van der Waals surface area (Å²) >= 11 is 0. The van der Waals surface area contributed by atoms with Gasteiger partial charge in [-0.3, -0.25) is 4.79 Å². The van der Waals surface area contributed by atoms with Crippen LogP contribution < -0.4 is 10.6 Å².